The molecule has 0 unspecified atom stereocenters. The molecule has 9 rings (SSSR count). The molecule has 15 nitrogen and oxygen atoms in total. The van der Waals surface area contributed by atoms with Crippen molar-refractivity contribution in [3.8, 4) is 5.75 Å². The van der Waals surface area contributed by atoms with E-state index in [1.165, 1.54) is 84.9 Å². The molecule has 0 aromatic heterocycles. The number of amides is 4. The summed E-state index contributed by atoms with van der Waals surface area (Å²) in [7, 11) is 0. The third-order valence-electron chi connectivity index (χ3n) is 11.6. The number of phenols is 1. The summed E-state index contributed by atoms with van der Waals surface area (Å²) in [5.41, 5.74) is -0.0846. The Morgan fingerprint density at radius 3 is 1.07 bits per heavy atom. The van der Waals surface area contributed by atoms with E-state index in [1.807, 2.05) is 0 Å². The number of fused-ring (bicyclic) bond motifs is 3. The summed E-state index contributed by atoms with van der Waals surface area (Å²) in [5.74, 6) is -7.05. The van der Waals surface area contributed by atoms with Crippen LogP contribution in [0.4, 0.5) is 25.8 Å². The first-order valence-electron chi connectivity index (χ1n) is 20.6. The highest BCUT2D eigenvalue weighted by Gasteiger charge is 2.51. The van der Waals surface area contributed by atoms with E-state index in [2.05, 4.69) is 16.0 Å². The number of aromatic hydroxyl groups is 1. The Balaban J connectivity index is 0.000000159. The molecule has 3 aliphatic rings. The van der Waals surface area contributed by atoms with Gasteiger partial charge in [-0.2, -0.15) is 0 Å². The fourth-order valence-electron chi connectivity index (χ4n) is 7.87. The lowest BCUT2D eigenvalue weighted by atomic mass is 9.88. The van der Waals surface area contributed by atoms with Gasteiger partial charge in [-0.25, -0.2) is 8.78 Å². The van der Waals surface area contributed by atoms with Gasteiger partial charge in [-0.05, 0) is 91.0 Å². The van der Waals surface area contributed by atoms with E-state index >= 15 is 0 Å². The summed E-state index contributed by atoms with van der Waals surface area (Å²) >= 11 is 36.2. The minimum atomic E-state index is -2.25. The van der Waals surface area contributed by atoms with E-state index in [4.69, 9.17) is 75.3 Å². The third-order valence-corrected chi connectivity index (χ3v) is 13.5. The lowest BCUT2D eigenvalue weighted by molar-refractivity contribution is -0.133. The zero-order valence-electron chi connectivity index (χ0n) is 36.2. The Bertz CT molecular complexity index is 3310. The monoisotopic (exact) mass is 1100 g/mol. The van der Waals surface area contributed by atoms with E-state index in [-0.39, 0.29) is 91.9 Å². The highest BCUT2D eigenvalue weighted by atomic mass is 35.5. The van der Waals surface area contributed by atoms with Gasteiger partial charge >= 0.3 is 0 Å². The fraction of sp³-hybridized carbons (Fsp3) is 0.122. The van der Waals surface area contributed by atoms with Crippen molar-refractivity contribution in [1.82, 2.24) is 0 Å². The quantitative estimate of drug-likeness (QED) is 0.0599. The number of nitrogens with one attached hydrogen (secondary N) is 3. The van der Waals surface area contributed by atoms with Crippen LogP contribution in [0, 0.1) is 11.6 Å². The van der Waals surface area contributed by atoms with Crippen molar-refractivity contribution in [2.75, 3.05) is 16.0 Å². The molecule has 23 heteroatoms. The molecule has 3 aliphatic heterocycles. The number of hydrogen-bond acceptors (Lipinski definition) is 11. The first-order chi connectivity index (χ1) is 33.8. The second-order valence-electron chi connectivity index (χ2n) is 16.2. The summed E-state index contributed by atoms with van der Waals surface area (Å²) in [6.07, 6.45) is -1.71. The number of carbonyl (C=O) groups excluding carboxylic acids is 7. The number of Topliss-reactive ketones (excluding diaryl/α,β-unsaturated/α-hetero) is 3. The Hall–Kier alpha value is -6.51. The summed E-state index contributed by atoms with van der Waals surface area (Å²) in [5, 5.41) is 49.8. The number of anilines is 3. The van der Waals surface area contributed by atoms with Gasteiger partial charge in [-0.1, -0.05) is 81.7 Å². The minimum Gasteiger partial charge on any atom is -0.508 e. The molecule has 6 aromatic carbocycles. The zero-order chi connectivity index (χ0) is 52.8. The number of nitrogens with two attached hydrogens (primary N) is 1. The molecule has 0 spiro atoms. The SMILES string of the molecule is NC(=O)c1ccc(C(=O)C[C@@]2(O)C(=O)Nc3c(Cl)ccc(Cl)c32)cc1.O=C(C[C@@]1(O)C(=O)Nc2c(Cl)ccc(Cl)c21)c1ccc(F)c(F)c1.O=C(C[C@@]1(O)C(=O)Nc2c(Cl)ccc(Cl)c21)c1ccc(O)cc1. The zero-order valence-corrected chi connectivity index (χ0v) is 40.7. The number of benzene rings is 6. The van der Waals surface area contributed by atoms with Crippen LogP contribution in [0.3, 0.4) is 0 Å². The number of carbonyl (C=O) groups is 7. The smallest absolute Gasteiger partial charge is 0.261 e. The van der Waals surface area contributed by atoms with Crippen LogP contribution >= 0.6 is 69.6 Å². The average Bonchev–Trinajstić information content (AvgIpc) is 3.88. The molecular weight excluding hydrogens is 1070 g/mol. The largest absolute Gasteiger partial charge is 0.508 e. The molecule has 6 aromatic rings. The van der Waals surface area contributed by atoms with Crippen LogP contribution in [-0.2, 0) is 31.2 Å². The number of phenolic OH excluding ortho intramolecular Hbond substituents is 1. The van der Waals surface area contributed by atoms with Gasteiger partial charge in [0.1, 0.15) is 5.75 Å². The molecule has 3 heterocycles. The highest BCUT2D eigenvalue weighted by Crippen LogP contribution is 2.49. The number of aliphatic hydroxyl groups is 3. The van der Waals surface area contributed by atoms with E-state index in [0.717, 1.165) is 12.1 Å². The molecule has 0 saturated heterocycles. The molecule has 0 radical (unpaired) electrons. The van der Waals surface area contributed by atoms with E-state index < -0.39 is 88.7 Å². The molecule has 0 fully saturated rings. The van der Waals surface area contributed by atoms with Crippen LogP contribution in [0.2, 0.25) is 30.1 Å². The molecule has 4 amide bonds. The lowest BCUT2D eigenvalue weighted by Gasteiger charge is -2.21. The lowest BCUT2D eigenvalue weighted by Crippen LogP contribution is -2.36. The Labute approximate surface area is 435 Å². The van der Waals surface area contributed by atoms with Crippen LogP contribution in [0.15, 0.2) is 103 Å². The average molecular weight is 1100 g/mol. The molecule has 3 atom stereocenters. The van der Waals surface area contributed by atoms with Gasteiger partial charge in [-0.3, -0.25) is 33.6 Å². The number of halogens is 8. The number of hydrogen-bond donors (Lipinski definition) is 8. The van der Waals surface area contributed by atoms with E-state index in [0.29, 0.717) is 6.07 Å². The maximum absolute atomic E-state index is 13.3. The van der Waals surface area contributed by atoms with Gasteiger partial charge in [0.05, 0.1) is 51.4 Å². The number of ketones is 3. The minimum absolute atomic E-state index is 0.0130. The van der Waals surface area contributed by atoms with Gasteiger partial charge in [0.2, 0.25) is 5.91 Å². The summed E-state index contributed by atoms with van der Waals surface area (Å²) in [4.78, 5) is 84.9. The topological polar surface area (TPSA) is 263 Å². The normalized spacial score (nSPS) is 19.0. The summed E-state index contributed by atoms with van der Waals surface area (Å²) in [6, 6.07) is 22.4. The Morgan fingerprint density at radius 1 is 0.444 bits per heavy atom. The van der Waals surface area contributed by atoms with Gasteiger partial charge < -0.3 is 42.1 Å². The van der Waals surface area contributed by atoms with Crippen molar-refractivity contribution in [3.05, 3.63) is 184 Å². The van der Waals surface area contributed by atoms with Crippen LogP contribution < -0.4 is 21.7 Å². The highest BCUT2D eigenvalue weighted by molar-refractivity contribution is 6.40. The van der Waals surface area contributed by atoms with Crippen molar-refractivity contribution in [3.63, 3.8) is 0 Å². The van der Waals surface area contributed by atoms with E-state index in [1.54, 1.807) is 0 Å². The Morgan fingerprint density at radius 2 is 0.736 bits per heavy atom. The summed E-state index contributed by atoms with van der Waals surface area (Å²) < 4.78 is 26.2. The maximum Gasteiger partial charge on any atom is 0.261 e. The molecular formula is C49H32Cl6F2N4O11. The van der Waals surface area contributed by atoms with Gasteiger partial charge in [0.15, 0.2) is 45.8 Å². The van der Waals surface area contributed by atoms with Gasteiger partial charge in [-0.15, -0.1) is 0 Å². The van der Waals surface area contributed by atoms with Gasteiger partial charge in [0.25, 0.3) is 17.7 Å². The molecule has 72 heavy (non-hydrogen) atoms. The predicted octanol–water partition coefficient (Wildman–Crippen LogP) is 9.30. The summed E-state index contributed by atoms with van der Waals surface area (Å²) in [6.45, 7) is 0. The second kappa shape index (κ2) is 20.5. The van der Waals surface area contributed by atoms with Crippen molar-refractivity contribution >= 4 is 128 Å². The Kier molecular flexibility index (Phi) is 15.2. The fourth-order valence-corrected chi connectivity index (χ4v) is 9.43. The molecule has 9 N–H and O–H groups in total. The van der Waals surface area contributed by atoms with Crippen molar-refractivity contribution in [2.45, 2.75) is 36.1 Å². The molecule has 370 valence electrons. The van der Waals surface area contributed by atoms with E-state index in [9.17, 15) is 62.8 Å². The third kappa shape index (κ3) is 10.1. The molecule has 0 aliphatic carbocycles. The first-order valence-corrected chi connectivity index (χ1v) is 22.9. The van der Waals surface area contributed by atoms with Crippen LogP contribution in [0.1, 0.15) is 77.4 Å². The molecule has 0 bridgehead atoms. The van der Waals surface area contributed by atoms with Crippen LogP contribution in [0.25, 0.3) is 0 Å². The van der Waals surface area contributed by atoms with Gasteiger partial charge in [0, 0.05) is 54.0 Å². The van der Waals surface area contributed by atoms with Crippen LogP contribution in [0.5, 0.6) is 5.75 Å². The maximum atomic E-state index is 13.3. The molecule has 0 saturated carbocycles. The number of primary amides is 1. The van der Waals surface area contributed by atoms with Crippen LogP contribution in [-0.4, -0.2) is 61.4 Å². The van der Waals surface area contributed by atoms with Crippen molar-refractivity contribution < 1.29 is 62.8 Å². The second-order valence-corrected chi connectivity index (χ2v) is 18.6. The predicted molar refractivity (Wildman–Crippen MR) is 263 cm³/mol. The van der Waals surface area contributed by atoms with Crippen molar-refractivity contribution in [2.24, 2.45) is 5.73 Å². The first kappa shape index (κ1) is 53.3. The standard InChI is InChI=1S/C17H12Cl2N2O4.C16H9Cl2F2NO3.C16H11Cl2NO4/c18-10-5-6-11(19)14-13(10)17(25,16(24)21-14)7-12(22)8-1-3-9(4-2-8)15(20)23;17-8-2-3-9(18)14-13(8)16(24,15(23)21-14)6-12(22)7-1-4-10(19)11(20)5-7;17-10-5-6-11(18)14-13(10)16(23,15(22)19-14)7-12(21)8-1-3-9(20)4-2-8/h1-6,25H,7H2,(H2,20,23)(H,21,24);1-5,24H,6H2,(H,21,23);1-6,20,23H,7H2,(H,19,22)/t17-;2*16-/m000/s1. The number of rotatable bonds is 10. The van der Waals surface area contributed by atoms with Crippen molar-refractivity contribution in [1.29, 1.82) is 0 Å².